The van der Waals surface area contributed by atoms with Crippen LogP contribution in [0.5, 0.6) is 5.75 Å². The van der Waals surface area contributed by atoms with E-state index in [2.05, 4.69) is 17.9 Å². The molecular weight excluding hydrogens is 242 g/mol. The van der Waals surface area contributed by atoms with Crippen LogP contribution < -0.4 is 10.1 Å². The Morgan fingerprint density at radius 3 is 2.22 bits per heavy atom. The molecule has 1 N–H and O–H groups in total. The molecule has 0 aliphatic heterocycles. The lowest BCUT2D eigenvalue weighted by molar-refractivity contribution is 0.320. The van der Waals surface area contributed by atoms with Gasteiger partial charge in [-0.05, 0) is 24.3 Å². The van der Waals surface area contributed by atoms with Gasteiger partial charge < -0.3 is 10.1 Å². The molecule has 0 heterocycles. The standard InChI is InChI=1S/C15H17NOS/c18-15(11-16-13-7-3-1-4-8-13)12-17-14-9-5-2-6-10-14/h1-10,15-16,18H,11-12H2. The lowest BCUT2D eigenvalue weighted by Crippen LogP contribution is -2.21. The smallest absolute Gasteiger partial charge is 0.119 e. The molecule has 0 aromatic heterocycles. The van der Waals surface area contributed by atoms with Crippen molar-refractivity contribution in [1.82, 2.24) is 0 Å². The lowest BCUT2D eigenvalue weighted by atomic mass is 10.3. The molecule has 1 atom stereocenters. The first-order chi connectivity index (χ1) is 8.84. The van der Waals surface area contributed by atoms with Crippen LogP contribution in [0.4, 0.5) is 5.69 Å². The fourth-order valence-corrected chi connectivity index (χ4v) is 1.73. The molecule has 0 amide bonds. The maximum Gasteiger partial charge on any atom is 0.119 e. The zero-order valence-electron chi connectivity index (χ0n) is 10.1. The minimum atomic E-state index is 0.158. The molecule has 0 spiro atoms. The summed E-state index contributed by atoms with van der Waals surface area (Å²) in [7, 11) is 0. The highest BCUT2D eigenvalue weighted by Gasteiger charge is 2.03. The first-order valence-electron chi connectivity index (χ1n) is 5.99. The van der Waals surface area contributed by atoms with Crippen LogP contribution in [0.2, 0.25) is 0 Å². The van der Waals surface area contributed by atoms with Gasteiger partial charge in [0.25, 0.3) is 0 Å². The topological polar surface area (TPSA) is 21.3 Å². The number of rotatable bonds is 6. The Balaban J connectivity index is 1.71. The average Bonchev–Trinajstić information content (AvgIpc) is 2.45. The zero-order valence-corrected chi connectivity index (χ0v) is 11.0. The molecule has 2 nitrogen and oxygen atoms in total. The predicted molar refractivity (Wildman–Crippen MR) is 79.6 cm³/mol. The molecule has 0 bridgehead atoms. The largest absolute Gasteiger partial charge is 0.492 e. The number of hydrogen-bond acceptors (Lipinski definition) is 3. The Morgan fingerprint density at radius 1 is 0.944 bits per heavy atom. The van der Waals surface area contributed by atoms with E-state index in [0.29, 0.717) is 6.61 Å². The van der Waals surface area contributed by atoms with Crippen LogP contribution in [-0.2, 0) is 0 Å². The highest BCUT2D eigenvalue weighted by atomic mass is 32.1. The van der Waals surface area contributed by atoms with E-state index >= 15 is 0 Å². The van der Waals surface area contributed by atoms with Crippen molar-refractivity contribution in [3.63, 3.8) is 0 Å². The SMILES string of the molecule is SC(CNc1ccccc1)COc1ccccc1. The summed E-state index contributed by atoms with van der Waals surface area (Å²) in [6, 6.07) is 19.9. The third-order valence-electron chi connectivity index (χ3n) is 2.50. The van der Waals surface area contributed by atoms with E-state index in [9.17, 15) is 0 Å². The lowest BCUT2D eigenvalue weighted by Gasteiger charge is -2.14. The third kappa shape index (κ3) is 4.34. The summed E-state index contributed by atoms with van der Waals surface area (Å²) in [6.45, 7) is 1.37. The van der Waals surface area contributed by atoms with Gasteiger partial charge in [0.15, 0.2) is 0 Å². The molecule has 0 fully saturated rings. The minimum Gasteiger partial charge on any atom is -0.492 e. The van der Waals surface area contributed by atoms with Crippen LogP contribution in [0.25, 0.3) is 0 Å². The molecule has 18 heavy (non-hydrogen) atoms. The van der Waals surface area contributed by atoms with E-state index < -0.39 is 0 Å². The van der Waals surface area contributed by atoms with E-state index in [1.54, 1.807) is 0 Å². The van der Waals surface area contributed by atoms with Gasteiger partial charge >= 0.3 is 0 Å². The number of thiol groups is 1. The minimum absolute atomic E-state index is 0.158. The molecule has 0 aliphatic rings. The van der Waals surface area contributed by atoms with Crippen LogP contribution in [0.1, 0.15) is 0 Å². The Labute approximate surface area is 113 Å². The van der Waals surface area contributed by atoms with E-state index in [0.717, 1.165) is 18.0 Å². The van der Waals surface area contributed by atoms with Crippen molar-refractivity contribution in [2.75, 3.05) is 18.5 Å². The van der Waals surface area contributed by atoms with Crippen LogP contribution in [0.15, 0.2) is 60.7 Å². The quantitative estimate of drug-likeness (QED) is 0.775. The number of nitrogens with one attached hydrogen (secondary N) is 1. The van der Waals surface area contributed by atoms with Gasteiger partial charge in [-0.3, -0.25) is 0 Å². The van der Waals surface area contributed by atoms with Crippen molar-refractivity contribution >= 4 is 18.3 Å². The number of para-hydroxylation sites is 2. The molecule has 0 saturated carbocycles. The number of anilines is 1. The van der Waals surface area contributed by atoms with Gasteiger partial charge in [-0.1, -0.05) is 36.4 Å². The average molecular weight is 259 g/mol. The van der Waals surface area contributed by atoms with Gasteiger partial charge in [-0.15, -0.1) is 0 Å². The highest BCUT2D eigenvalue weighted by molar-refractivity contribution is 7.81. The van der Waals surface area contributed by atoms with Crippen molar-refractivity contribution < 1.29 is 4.74 Å². The Kier molecular flexibility index (Phi) is 4.97. The van der Waals surface area contributed by atoms with Gasteiger partial charge in [0.1, 0.15) is 12.4 Å². The fourth-order valence-electron chi connectivity index (χ4n) is 1.56. The maximum atomic E-state index is 5.64. The van der Waals surface area contributed by atoms with Gasteiger partial charge in [-0.2, -0.15) is 12.6 Å². The summed E-state index contributed by atoms with van der Waals surface area (Å²) in [6.07, 6.45) is 0. The summed E-state index contributed by atoms with van der Waals surface area (Å²) in [5.41, 5.74) is 1.11. The van der Waals surface area contributed by atoms with Crippen LogP contribution in [0.3, 0.4) is 0 Å². The normalized spacial score (nSPS) is 11.8. The third-order valence-corrected chi connectivity index (χ3v) is 2.83. The Bertz CT molecular complexity index is 403. The summed E-state index contributed by atoms with van der Waals surface area (Å²) in [5.74, 6) is 0.885. The van der Waals surface area contributed by atoms with Crippen molar-refractivity contribution in [2.24, 2.45) is 0 Å². The van der Waals surface area contributed by atoms with Crippen molar-refractivity contribution in [1.29, 1.82) is 0 Å². The monoisotopic (exact) mass is 259 g/mol. The molecule has 0 aliphatic carbocycles. The maximum absolute atomic E-state index is 5.64. The summed E-state index contributed by atoms with van der Waals surface area (Å²) in [5, 5.41) is 3.48. The van der Waals surface area contributed by atoms with Crippen molar-refractivity contribution in [2.45, 2.75) is 5.25 Å². The Morgan fingerprint density at radius 2 is 1.56 bits per heavy atom. The summed E-state index contributed by atoms with van der Waals surface area (Å²) < 4.78 is 5.64. The van der Waals surface area contributed by atoms with Gasteiger partial charge in [-0.25, -0.2) is 0 Å². The number of benzene rings is 2. The molecule has 0 radical (unpaired) electrons. The van der Waals surface area contributed by atoms with Crippen LogP contribution >= 0.6 is 12.6 Å². The molecule has 3 heteroatoms. The second-order valence-electron chi connectivity index (χ2n) is 4.02. The molecule has 2 rings (SSSR count). The second kappa shape index (κ2) is 6.97. The summed E-state index contributed by atoms with van der Waals surface area (Å²) in [4.78, 5) is 0. The van der Waals surface area contributed by atoms with Crippen molar-refractivity contribution in [3.05, 3.63) is 60.7 Å². The fraction of sp³-hybridized carbons (Fsp3) is 0.200. The van der Waals surface area contributed by atoms with Crippen LogP contribution in [-0.4, -0.2) is 18.4 Å². The highest BCUT2D eigenvalue weighted by Crippen LogP contribution is 2.11. The van der Waals surface area contributed by atoms with E-state index in [1.165, 1.54) is 0 Å². The van der Waals surface area contributed by atoms with Crippen molar-refractivity contribution in [3.8, 4) is 5.75 Å². The van der Waals surface area contributed by atoms with Gasteiger partial charge in [0.05, 0.1) is 5.25 Å². The Hall–Kier alpha value is -1.61. The van der Waals surface area contributed by atoms with Crippen LogP contribution in [0, 0.1) is 0 Å². The predicted octanol–water partition coefficient (Wildman–Crippen LogP) is 3.48. The molecule has 94 valence electrons. The molecule has 1 unspecified atom stereocenters. The van der Waals surface area contributed by atoms with Gasteiger partial charge in [0.2, 0.25) is 0 Å². The molecular formula is C15H17NOS. The second-order valence-corrected chi connectivity index (χ2v) is 4.76. The number of hydrogen-bond donors (Lipinski definition) is 2. The first-order valence-corrected chi connectivity index (χ1v) is 6.51. The van der Waals surface area contributed by atoms with E-state index in [1.807, 2.05) is 60.7 Å². The first kappa shape index (κ1) is 12.8. The molecule has 2 aromatic rings. The van der Waals surface area contributed by atoms with Gasteiger partial charge in [0, 0.05) is 12.2 Å². The molecule has 0 saturated heterocycles. The number of ether oxygens (including phenoxy) is 1. The van der Waals surface area contributed by atoms with E-state index in [4.69, 9.17) is 4.74 Å². The van der Waals surface area contributed by atoms with E-state index in [-0.39, 0.29) is 5.25 Å². The summed E-state index contributed by atoms with van der Waals surface area (Å²) >= 11 is 4.50. The zero-order chi connectivity index (χ0) is 12.6. The molecule has 2 aromatic carbocycles.